The molecule has 0 saturated carbocycles. The Labute approximate surface area is 122 Å². The summed E-state index contributed by atoms with van der Waals surface area (Å²) in [5.41, 5.74) is 2.25. The van der Waals surface area contributed by atoms with E-state index in [1.54, 1.807) is 12.4 Å². The molecule has 20 heavy (non-hydrogen) atoms. The molecule has 0 spiro atoms. The van der Waals surface area contributed by atoms with E-state index in [2.05, 4.69) is 27.3 Å². The molecule has 100 valence electrons. The number of pyridine rings is 1. The van der Waals surface area contributed by atoms with Gasteiger partial charge in [-0.05, 0) is 36.3 Å². The Morgan fingerprint density at radius 2 is 1.95 bits per heavy atom. The minimum atomic E-state index is 0.639. The first kappa shape index (κ1) is 12.7. The van der Waals surface area contributed by atoms with Gasteiger partial charge in [0.05, 0.1) is 0 Å². The normalized spacial score (nSPS) is 10.6. The van der Waals surface area contributed by atoms with E-state index in [0.717, 1.165) is 24.4 Å². The van der Waals surface area contributed by atoms with Crippen molar-refractivity contribution in [2.45, 2.75) is 13.0 Å². The summed E-state index contributed by atoms with van der Waals surface area (Å²) in [5.74, 6) is 0.832. The highest BCUT2D eigenvalue weighted by Crippen LogP contribution is 2.16. The van der Waals surface area contributed by atoms with Crippen molar-refractivity contribution in [3.63, 3.8) is 0 Å². The van der Waals surface area contributed by atoms with Crippen LogP contribution in [0.1, 0.15) is 5.56 Å². The average Bonchev–Trinajstić information content (AvgIpc) is 2.88. The van der Waals surface area contributed by atoms with Crippen LogP contribution in [0.25, 0.3) is 11.4 Å². The van der Waals surface area contributed by atoms with Gasteiger partial charge < -0.3 is 0 Å². The van der Waals surface area contributed by atoms with Gasteiger partial charge in [0, 0.05) is 24.5 Å². The van der Waals surface area contributed by atoms with E-state index in [9.17, 15) is 0 Å². The van der Waals surface area contributed by atoms with Crippen LogP contribution < -0.4 is 0 Å². The van der Waals surface area contributed by atoms with Crippen LogP contribution in [0, 0.1) is 4.77 Å². The molecule has 3 rings (SSSR count). The van der Waals surface area contributed by atoms with Gasteiger partial charge in [0.15, 0.2) is 10.6 Å². The molecule has 0 aliphatic rings. The van der Waals surface area contributed by atoms with Crippen LogP contribution in [0.15, 0.2) is 54.9 Å². The van der Waals surface area contributed by atoms with Gasteiger partial charge in [0.2, 0.25) is 0 Å². The standard InChI is InChI=1S/C15H14N4S/c20-15-18-17-14(13-7-4-9-16-11-13)19(15)10-8-12-5-2-1-3-6-12/h1-7,9,11H,8,10H2,(H,18,20). The quantitative estimate of drug-likeness (QED) is 0.747. The SMILES string of the molecule is S=c1[nH]nc(-c2cccnc2)n1CCc1ccccc1. The number of aromatic nitrogens is 4. The van der Waals surface area contributed by atoms with Crippen LogP contribution in [0.4, 0.5) is 0 Å². The Bertz CT molecular complexity index is 731. The van der Waals surface area contributed by atoms with Crippen molar-refractivity contribution in [1.29, 1.82) is 0 Å². The Morgan fingerprint density at radius 1 is 1.10 bits per heavy atom. The highest BCUT2D eigenvalue weighted by molar-refractivity contribution is 7.71. The lowest BCUT2D eigenvalue weighted by Gasteiger charge is -2.06. The van der Waals surface area contributed by atoms with Crippen LogP contribution in [0.5, 0.6) is 0 Å². The molecule has 0 aliphatic carbocycles. The number of H-pyrrole nitrogens is 1. The second-order valence-corrected chi connectivity index (χ2v) is 4.87. The third-order valence-corrected chi connectivity index (χ3v) is 3.46. The molecule has 0 unspecified atom stereocenters. The molecule has 0 aliphatic heterocycles. The van der Waals surface area contributed by atoms with Crippen LogP contribution in [0.3, 0.4) is 0 Å². The molecular weight excluding hydrogens is 268 g/mol. The Balaban J connectivity index is 1.87. The highest BCUT2D eigenvalue weighted by atomic mass is 32.1. The number of benzene rings is 1. The molecule has 2 heterocycles. The van der Waals surface area contributed by atoms with Gasteiger partial charge in [-0.2, -0.15) is 5.10 Å². The Kier molecular flexibility index (Phi) is 3.69. The summed E-state index contributed by atoms with van der Waals surface area (Å²) in [5, 5.41) is 7.16. The zero-order valence-electron chi connectivity index (χ0n) is 10.9. The van der Waals surface area contributed by atoms with Crippen molar-refractivity contribution in [1.82, 2.24) is 19.7 Å². The molecule has 5 heteroatoms. The number of aryl methyl sites for hydroxylation is 1. The van der Waals surface area contributed by atoms with Crippen LogP contribution in [0.2, 0.25) is 0 Å². The van der Waals surface area contributed by atoms with Gasteiger partial charge >= 0.3 is 0 Å². The van der Waals surface area contributed by atoms with Crippen molar-refractivity contribution in [3.8, 4) is 11.4 Å². The smallest absolute Gasteiger partial charge is 0.195 e. The minimum absolute atomic E-state index is 0.639. The summed E-state index contributed by atoms with van der Waals surface area (Å²) >= 11 is 5.31. The zero-order valence-corrected chi connectivity index (χ0v) is 11.7. The van der Waals surface area contributed by atoms with E-state index in [4.69, 9.17) is 12.2 Å². The monoisotopic (exact) mass is 282 g/mol. The fraction of sp³-hybridized carbons (Fsp3) is 0.133. The fourth-order valence-electron chi connectivity index (χ4n) is 2.13. The average molecular weight is 282 g/mol. The predicted octanol–water partition coefficient (Wildman–Crippen LogP) is 3.25. The first-order valence-electron chi connectivity index (χ1n) is 6.44. The number of aromatic amines is 1. The molecule has 0 amide bonds. The summed E-state index contributed by atoms with van der Waals surface area (Å²) in [6.07, 6.45) is 4.46. The van der Waals surface area contributed by atoms with Gasteiger partial charge in [0.1, 0.15) is 0 Å². The third-order valence-electron chi connectivity index (χ3n) is 3.14. The van der Waals surface area contributed by atoms with Crippen LogP contribution in [-0.2, 0) is 13.0 Å². The zero-order chi connectivity index (χ0) is 13.8. The minimum Gasteiger partial charge on any atom is -0.300 e. The predicted molar refractivity (Wildman–Crippen MR) is 80.8 cm³/mol. The largest absolute Gasteiger partial charge is 0.300 e. The molecule has 3 aromatic rings. The molecular formula is C15H14N4S. The highest BCUT2D eigenvalue weighted by Gasteiger charge is 2.08. The van der Waals surface area contributed by atoms with E-state index in [1.165, 1.54) is 5.56 Å². The molecule has 4 nitrogen and oxygen atoms in total. The molecule has 0 fully saturated rings. The van der Waals surface area contributed by atoms with Gasteiger partial charge in [0.25, 0.3) is 0 Å². The lowest BCUT2D eigenvalue weighted by Crippen LogP contribution is -2.04. The third kappa shape index (κ3) is 2.67. The first-order valence-corrected chi connectivity index (χ1v) is 6.85. The number of hydrogen-bond acceptors (Lipinski definition) is 3. The second kappa shape index (κ2) is 5.79. The maximum atomic E-state index is 5.31. The molecule has 1 aromatic carbocycles. The number of nitrogens with one attached hydrogen (secondary N) is 1. The summed E-state index contributed by atoms with van der Waals surface area (Å²) in [6, 6.07) is 14.2. The summed E-state index contributed by atoms with van der Waals surface area (Å²) in [4.78, 5) is 4.13. The van der Waals surface area contributed by atoms with Crippen molar-refractivity contribution < 1.29 is 0 Å². The van der Waals surface area contributed by atoms with Crippen molar-refractivity contribution in [3.05, 3.63) is 65.2 Å². The maximum Gasteiger partial charge on any atom is 0.195 e. The van der Waals surface area contributed by atoms with E-state index in [-0.39, 0.29) is 0 Å². The van der Waals surface area contributed by atoms with E-state index in [1.807, 2.05) is 34.9 Å². The summed E-state index contributed by atoms with van der Waals surface area (Å²) in [7, 11) is 0. The maximum absolute atomic E-state index is 5.31. The topological polar surface area (TPSA) is 46.5 Å². The second-order valence-electron chi connectivity index (χ2n) is 4.48. The molecule has 1 N–H and O–H groups in total. The van der Waals surface area contributed by atoms with Crippen molar-refractivity contribution in [2.75, 3.05) is 0 Å². The van der Waals surface area contributed by atoms with Gasteiger partial charge in [-0.15, -0.1) is 0 Å². The molecule has 2 aromatic heterocycles. The number of hydrogen-bond donors (Lipinski definition) is 1. The number of rotatable bonds is 4. The van der Waals surface area contributed by atoms with Crippen LogP contribution >= 0.6 is 12.2 Å². The van der Waals surface area contributed by atoms with E-state index in [0.29, 0.717) is 4.77 Å². The molecule has 0 saturated heterocycles. The van der Waals surface area contributed by atoms with Gasteiger partial charge in [-0.1, -0.05) is 30.3 Å². The van der Waals surface area contributed by atoms with Gasteiger partial charge in [-0.3, -0.25) is 14.6 Å². The van der Waals surface area contributed by atoms with E-state index < -0.39 is 0 Å². The number of nitrogens with zero attached hydrogens (tertiary/aromatic N) is 3. The summed E-state index contributed by atoms with van der Waals surface area (Å²) < 4.78 is 2.65. The lowest BCUT2D eigenvalue weighted by molar-refractivity contribution is 0.691. The Morgan fingerprint density at radius 3 is 2.70 bits per heavy atom. The first-order chi connectivity index (χ1) is 9.84. The lowest BCUT2D eigenvalue weighted by atomic mass is 10.1. The van der Waals surface area contributed by atoms with Crippen LogP contribution in [-0.4, -0.2) is 19.7 Å². The fourth-order valence-corrected chi connectivity index (χ4v) is 2.35. The van der Waals surface area contributed by atoms with Gasteiger partial charge in [-0.25, -0.2) is 0 Å². The van der Waals surface area contributed by atoms with E-state index >= 15 is 0 Å². The Hall–Kier alpha value is -2.27. The van der Waals surface area contributed by atoms with Crippen molar-refractivity contribution in [2.24, 2.45) is 0 Å². The molecule has 0 radical (unpaired) electrons. The summed E-state index contributed by atoms with van der Waals surface area (Å²) in [6.45, 7) is 0.795. The van der Waals surface area contributed by atoms with Crippen molar-refractivity contribution >= 4 is 12.2 Å². The molecule has 0 bridgehead atoms. The molecule has 0 atom stereocenters.